The highest BCUT2D eigenvalue weighted by atomic mass is 35.5. The molecule has 4 aromatic rings. The highest BCUT2D eigenvalue weighted by Crippen LogP contribution is 2.36. The fourth-order valence-electron chi connectivity index (χ4n) is 2.91. The number of fused-ring (bicyclic) bond motifs is 3. The van der Waals surface area contributed by atoms with Gasteiger partial charge in [0, 0.05) is 22.9 Å². The van der Waals surface area contributed by atoms with Gasteiger partial charge >= 0.3 is 0 Å². The third kappa shape index (κ3) is 2.49. The molecule has 1 aliphatic carbocycles. The van der Waals surface area contributed by atoms with Crippen molar-refractivity contribution >= 4 is 49.1 Å². The summed E-state index contributed by atoms with van der Waals surface area (Å²) in [6, 6.07) is 9.62. The second-order valence-electron chi connectivity index (χ2n) is 6.13. The third-order valence-electron chi connectivity index (χ3n) is 4.32. The number of thiophene rings is 1. The average molecular weight is 369 g/mol. The van der Waals surface area contributed by atoms with Gasteiger partial charge in [-0.1, -0.05) is 11.6 Å². The second kappa shape index (κ2) is 5.54. The van der Waals surface area contributed by atoms with Gasteiger partial charge in [-0.15, -0.1) is 11.3 Å². The van der Waals surface area contributed by atoms with Gasteiger partial charge in [-0.3, -0.25) is 9.36 Å². The largest absolute Gasteiger partial charge is 0.382 e. The molecule has 1 aliphatic rings. The molecule has 3 aromatic heterocycles. The van der Waals surface area contributed by atoms with Gasteiger partial charge in [0.15, 0.2) is 0 Å². The van der Waals surface area contributed by atoms with Crippen LogP contribution in [0.2, 0.25) is 5.02 Å². The Kier molecular flexibility index (Phi) is 3.29. The summed E-state index contributed by atoms with van der Waals surface area (Å²) >= 11 is 7.32. The van der Waals surface area contributed by atoms with Crippen LogP contribution in [0.15, 0.2) is 47.7 Å². The van der Waals surface area contributed by atoms with Crippen molar-refractivity contribution in [3.63, 3.8) is 0 Å². The standard InChI is InChI=1S/C18H13ClN4OS/c19-10-1-5-12(6-2-10)23-9-21-15-14-13(22-11-3-4-11)7-8-20-17(14)25-16(15)18(23)24/h1-2,5-9,11H,3-4H2,(H,20,22). The fraction of sp³-hybridized carbons (Fsp3) is 0.167. The lowest BCUT2D eigenvalue weighted by Crippen LogP contribution is -2.17. The molecule has 0 radical (unpaired) electrons. The molecule has 1 saturated carbocycles. The lowest BCUT2D eigenvalue weighted by Gasteiger charge is -2.07. The number of benzene rings is 1. The van der Waals surface area contributed by atoms with Crippen molar-refractivity contribution in [2.75, 3.05) is 5.32 Å². The lowest BCUT2D eigenvalue weighted by molar-refractivity contribution is 0.968. The third-order valence-corrected chi connectivity index (χ3v) is 5.65. The molecule has 0 amide bonds. The molecule has 0 aliphatic heterocycles. The molecule has 0 unspecified atom stereocenters. The van der Waals surface area contributed by atoms with E-state index >= 15 is 0 Å². The predicted molar refractivity (Wildman–Crippen MR) is 102 cm³/mol. The Morgan fingerprint density at radius 2 is 1.96 bits per heavy atom. The molecule has 124 valence electrons. The first-order valence-electron chi connectivity index (χ1n) is 8.02. The van der Waals surface area contributed by atoms with E-state index in [0.29, 0.717) is 21.3 Å². The van der Waals surface area contributed by atoms with Crippen LogP contribution in [0.5, 0.6) is 0 Å². The highest BCUT2D eigenvalue weighted by molar-refractivity contribution is 7.25. The summed E-state index contributed by atoms with van der Waals surface area (Å²) in [5.74, 6) is 0. The Labute approximate surface area is 151 Å². The molecule has 1 fully saturated rings. The Morgan fingerprint density at radius 1 is 1.16 bits per heavy atom. The van der Waals surface area contributed by atoms with Gasteiger partial charge in [0.25, 0.3) is 5.56 Å². The van der Waals surface area contributed by atoms with Crippen molar-refractivity contribution in [1.29, 1.82) is 0 Å². The molecule has 7 heteroatoms. The molecule has 0 saturated heterocycles. The molecule has 1 aromatic carbocycles. The van der Waals surface area contributed by atoms with Crippen LogP contribution < -0.4 is 10.9 Å². The van der Waals surface area contributed by atoms with Crippen molar-refractivity contribution < 1.29 is 0 Å². The summed E-state index contributed by atoms with van der Waals surface area (Å²) in [6.07, 6.45) is 5.72. The summed E-state index contributed by atoms with van der Waals surface area (Å²) < 4.78 is 2.16. The highest BCUT2D eigenvalue weighted by Gasteiger charge is 2.23. The zero-order valence-electron chi connectivity index (χ0n) is 13.1. The van der Waals surface area contributed by atoms with Crippen molar-refractivity contribution in [1.82, 2.24) is 14.5 Å². The topological polar surface area (TPSA) is 59.8 Å². The first-order valence-corrected chi connectivity index (χ1v) is 9.21. The fourth-order valence-corrected chi connectivity index (χ4v) is 4.08. The average Bonchev–Trinajstić information content (AvgIpc) is 3.34. The number of hydrogen-bond acceptors (Lipinski definition) is 5. The van der Waals surface area contributed by atoms with E-state index in [-0.39, 0.29) is 5.56 Å². The molecule has 3 heterocycles. The maximum Gasteiger partial charge on any atom is 0.275 e. The molecular formula is C18H13ClN4OS. The van der Waals surface area contributed by atoms with E-state index in [1.165, 1.54) is 24.2 Å². The Balaban J connectivity index is 1.74. The number of anilines is 1. The van der Waals surface area contributed by atoms with Crippen LogP contribution in [-0.4, -0.2) is 20.6 Å². The Morgan fingerprint density at radius 3 is 2.72 bits per heavy atom. The van der Waals surface area contributed by atoms with Crippen molar-refractivity contribution in [2.24, 2.45) is 0 Å². The number of pyridine rings is 1. The molecule has 0 bridgehead atoms. The Bertz CT molecular complexity index is 1160. The molecular weight excluding hydrogens is 356 g/mol. The first-order chi connectivity index (χ1) is 12.2. The molecule has 25 heavy (non-hydrogen) atoms. The van der Waals surface area contributed by atoms with Crippen LogP contribution in [0, 0.1) is 0 Å². The van der Waals surface area contributed by atoms with Crippen molar-refractivity contribution in [3.05, 3.63) is 58.2 Å². The molecule has 1 N–H and O–H groups in total. The van der Waals surface area contributed by atoms with Gasteiger partial charge in [-0.25, -0.2) is 9.97 Å². The van der Waals surface area contributed by atoms with Crippen LogP contribution in [-0.2, 0) is 0 Å². The van der Waals surface area contributed by atoms with Gasteiger partial charge in [-0.2, -0.15) is 0 Å². The van der Waals surface area contributed by atoms with E-state index < -0.39 is 0 Å². The van der Waals surface area contributed by atoms with E-state index in [2.05, 4.69) is 15.3 Å². The van der Waals surface area contributed by atoms with Crippen molar-refractivity contribution in [3.8, 4) is 5.69 Å². The molecule has 0 spiro atoms. The molecule has 0 atom stereocenters. The number of nitrogens with zero attached hydrogens (tertiary/aromatic N) is 3. The quantitative estimate of drug-likeness (QED) is 0.588. The monoisotopic (exact) mass is 368 g/mol. The number of rotatable bonds is 3. The van der Waals surface area contributed by atoms with E-state index in [1.807, 2.05) is 18.2 Å². The van der Waals surface area contributed by atoms with Crippen LogP contribution >= 0.6 is 22.9 Å². The number of halogens is 1. The van der Waals surface area contributed by atoms with E-state index in [9.17, 15) is 4.79 Å². The minimum Gasteiger partial charge on any atom is -0.382 e. The maximum atomic E-state index is 13.0. The summed E-state index contributed by atoms with van der Waals surface area (Å²) in [7, 11) is 0. The molecule has 5 rings (SSSR count). The summed E-state index contributed by atoms with van der Waals surface area (Å²) in [5, 5.41) is 5.08. The number of nitrogens with one attached hydrogen (secondary N) is 1. The number of hydrogen-bond donors (Lipinski definition) is 1. The van der Waals surface area contributed by atoms with E-state index in [1.54, 1.807) is 29.2 Å². The minimum absolute atomic E-state index is 0.0901. The van der Waals surface area contributed by atoms with E-state index in [0.717, 1.165) is 21.6 Å². The van der Waals surface area contributed by atoms with Gasteiger partial charge in [-0.05, 0) is 43.2 Å². The first kappa shape index (κ1) is 14.9. The maximum absolute atomic E-state index is 13.0. The van der Waals surface area contributed by atoms with Gasteiger partial charge in [0.2, 0.25) is 0 Å². The van der Waals surface area contributed by atoms with Gasteiger partial charge < -0.3 is 5.32 Å². The van der Waals surface area contributed by atoms with Gasteiger partial charge in [0.05, 0.1) is 16.6 Å². The summed E-state index contributed by atoms with van der Waals surface area (Å²) in [4.78, 5) is 22.8. The SMILES string of the molecule is O=c1c2sc3nccc(NC4CC4)c3c2ncn1-c1ccc(Cl)cc1. The smallest absolute Gasteiger partial charge is 0.275 e. The zero-order valence-corrected chi connectivity index (χ0v) is 14.6. The van der Waals surface area contributed by atoms with Crippen LogP contribution in [0.3, 0.4) is 0 Å². The zero-order chi connectivity index (χ0) is 17.0. The summed E-state index contributed by atoms with van der Waals surface area (Å²) in [6.45, 7) is 0. The molecule has 5 nitrogen and oxygen atoms in total. The normalized spacial score (nSPS) is 14.3. The predicted octanol–water partition coefficient (Wildman–Crippen LogP) is 4.22. The lowest BCUT2D eigenvalue weighted by atomic mass is 10.2. The minimum atomic E-state index is -0.0901. The van der Waals surface area contributed by atoms with Crippen LogP contribution in [0.4, 0.5) is 5.69 Å². The Hall–Kier alpha value is -2.44. The number of aromatic nitrogens is 3. The van der Waals surface area contributed by atoms with Crippen LogP contribution in [0.25, 0.3) is 26.1 Å². The van der Waals surface area contributed by atoms with Crippen molar-refractivity contribution in [2.45, 2.75) is 18.9 Å². The van der Waals surface area contributed by atoms with Gasteiger partial charge in [0.1, 0.15) is 15.9 Å². The van der Waals surface area contributed by atoms with E-state index in [4.69, 9.17) is 11.6 Å². The second-order valence-corrected chi connectivity index (χ2v) is 7.57. The van der Waals surface area contributed by atoms with Crippen LogP contribution in [0.1, 0.15) is 12.8 Å². The summed E-state index contributed by atoms with van der Waals surface area (Å²) in [5.41, 5.74) is 2.37.